The Kier molecular flexibility index (Phi) is 8.91. The molecule has 1 fully saturated rings. The SMILES string of the molecule is CC(C)CCOc1cc(COc2cccc3ccc(=O)n(Cc4cccc(O)c4)c23)cc(OCc2cccc(N3NC3N)c2)c1. The van der Waals surface area contributed by atoms with Gasteiger partial charge in [-0.15, -0.1) is 0 Å². The van der Waals surface area contributed by atoms with Crippen LogP contribution in [0.3, 0.4) is 0 Å². The van der Waals surface area contributed by atoms with Gasteiger partial charge in [-0.1, -0.05) is 50.2 Å². The van der Waals surface area contributed by atoms with E-state index in [9.17, 15) is 9.90 Å². The van der Waals surface area contributed by atoms with Crippen LogP contribution in [0.2, 0.25) is 0 Å². The van der Waals surface area contributed by atoms with Crippen molar-refractivity contribution in [2.45, 2.75) is 46.3 Å². The van der Waals surface area contributed by atoms with Crippen LogP contribution in [0.15, 0.2) is 102 Å². The Morgan fingerprint density at radius 3 is 2.33 bits per heavy atom. The summed E-state index contributed by atoms with van der Waals surface area (Å²) in [6.45, 7) is 5.83. The molecule has 4 aromatic carbocycles. The van der Waals surface area contributed by atoms with E-state index >= 15 is 0 Å². The first kappa shape index (κ1) is 30.1. The number of benzene rings is 4. The van der Waals surface area contributed by atoms with Gasteiger partial charge in [0.1, 0.15) is 36.2 Å². The van der Waals surface area contributed by atoms with E-state index in [0.717, 1.165) is 34.2 Å². The molecule has 0 spiro atoms. The molecule has 1 aromatic heterocycles. The van der Waals surface area contributed by atoms with E-state index in [4.69, 9.17) is 19.9 Å². The van der Waals surface area contributed by atoms with Gasteiger partial charge in [0.25, 0.3) is 5.56 Å². The van der Waals surface area contributed by atoms with Gasteiger partial charge >= 0.3 is 0 Å². The van der Waals surface area contributed by atoms with E-state index in [-0.39, 0.29) is 24.2 Å². The third-order valence-corrected chi connectivity index (χ3v) is 7.60. The maximum absolute atomic E-state index is 13.1. The minimum Gasteiger partial charge on any atom is -0.508 e. The average Bonchev–Trinajstić information content (AvgIpc) is 3.76. The quantitative estimate of drug-likeness (QED) is 0.142. The van der Waals surface area contributed by atoms with Crippen LogP contribution in [0.1, 0.15) is 37.0 Å². The first-order chi connectivity index (χ1) is 21.8. The summed E-state index contributed by atoms with van der Waals surface area (Å²) in [6, 6.07) is 29.9. The first-order valence-corrected chi connectivity index (χ1v) is 15.2. The smallest absolute Gasteiger partial charge is 0.251 e. The fourth-order valence-corrected chi connectivity index (χ4v) is 5.20. The highest BCUT2D eigenvalue weighted by Crippen LogP contribution is 2.29. The summed E-state index contributed by atoms with van der Waals surface area (Å²) in [5, 5.41) is 12.7. The second-order valence-corrected chi connectivity index (χ2v) is 11.7. The van der Waals surface area contributed by atoms with Gasteiger partial charge in [0.05, 0.1) is 24.4 Å². The Morgan fingerprint density at radius 1 is 0.822 bits per heavy atom. The molecule has 2 heterocycles. The van der Waals surface area contributed by atoms with E-state index in [1.807, 2.05) is 71.7 Å². The summed E-state index contributed by atoms with van der Waals surface area (Å²) in [5.74, 6) is 2.63. The lowest BCUT2D eigenvalue weighted by molar-refractivity contribution is 0.275. The molecule has 1 aliphatic rings. The van der Waals surface area contributed by atoms with Crippen molar-refractivity contribution in [1.29, 1.82) is 0 Å². The number of aromatic nitrogens is 1. The summed E-state index contributed by atoms with van der Waals surface area (Å²) in [5.41, 5.74) is 13.2. The van der Waals surface area contributed by atoms with Crippen molar-refractivity contribution in [2.24, 2.45) is 11.7 Å². The van der Waals surface area contributed by atoms with Gasteiger partial charge in [0.2, 0.25) is 0 Å². The average molecular weight is 607 g/mol. The van der Waals surface area contributed by atoms with Crippen LogP contribution in [0.4, 0.5) is 5.69 Å². The number of nitrogens with one attached hydrogen (secondary N) is 1. The Bertz CT molecular complexity index is 1850. The molecule has 6 rings (SSSR count). The number of fused-ring (bicyclic) bond motifs is 1. The number of rotatable bonds is 13. The Hall–Kier alpha value is -4.99. The van der Waals surface area contributed by atoms with Gasteiger partial charge < -0.3 is 23.9 Å². The number of nitrogens with zero attached hydrogens (tertiary/aromatic N) is 2. The number of ether oxygens (including phenoxy) is 3. The topological polar surface area (TPSA) is 121 Å². The largest absolute Gasteiger partial charge is 0.508 e. The minimum absolute atomic E-state index is 0.153. The number of phenolic OH excluding ortho intramolecular Hbond substituents is 1. The minimum atomic E-state index is -0.161. The van der Waals surface area contributed by atoms with Gasteiger partial charge in [0.15, 0.2) is 6.29 Å². The number of nitrogens with two attached hydrogens (primary N) is 1. The van der Waals surface area contributed by atoms with Crippen molar-refractivity contribution in [3.63, 3.8) is 0 Å². The lowest BCUT2D eigenvalue weighted by Crippen LogP contribution is -2.20. The number of aromatic hydroxyl groups is 1. The zero-order valence-electron chi connectivity index (χ0n) is 25.5. The monoisotopic (exact) mass is 606 g/mol. The van der Waals surface area contributed by atoms with Gasteiger partial charge in [-0.25, -0.2) is 0 Å². The molecule has 1 unspecified atom stereocenters. The number of pyridine rings is 1. The molecule has 0 bridgehead atoms. The van der Waals surface area contributed by atoms with Crippen molar-refractivity contribution in [1.82, 2.24) is 9.99 Å². The van der Waals surface area contributed by atoms with Crippen LogP contribution in [-0.4, -0.2) is 22.6 Å². The molecule has 4 N–H and O–H groups in total. The zero-order chi connectivity index (χ0) is 31.3. The molecule has 232 valence electrons. The van der Waals surface area contributed by atoms with Crippen molar-refractivity contribution in [2.75, 3.05) is 11.6 Å². The number of hydrogen-bond donors (Lipinski definition) is 3. The van der Waals surface area contributed by atoms with Gasteiger partial charge in [0, 0.05) is 17.5 Å². The molecule has 1 atom stereocenters. The lowest BCUT2D eigenvalue weighted by Gasteiger charge is -2.16. The molecule has 0 aliphatic carbocycles. The number of para-hydroxylation sites is 1. The number of hydrazine groups is 1. The molecule has 0 saturated carbocycles. The molecule has 9 nitrogen and oxygen atoms in total. The highest BCUT2D eigenvalue weighted by molar-refractivity contribution is 5.85. The van der Waals surface area contributed by atoms with Crippen molar-refractivity contribution in [3.05, 3.63) is 124 Å². The number of anilines is 1. The van der Waals surface area contributed by atoms with Crippen molar-refractivity contribution < 1.29 is 19.3 Å². The number of hydrogen-bond acceptors (Lipinski definition) is 8. The second kappa shape index (κ2) is 13.3. The predicted octanol–water partition coefficient (Wildman–Crippen LogP) is 5.91. The molecule has 5 aromatic rings. The van der Waals surface area contributed by atoms with Crippen LogP contribution in [0, 0.1) is 5.92 Å². The molecule has 1 aliphatic heterocycles. The Morgan fingerprint density at radius 2 is 1.56 bits per heavy atom. The summed E-state index contributed by atoms with van der Waals surface area (Å²) < 4.78 is 20.4. The Balaban J connectivity index is 1.24. The lowest BCUT2D eigenvalue weighted by atomic mass is 10.1. The van der Waals surface area contributed by atoms with E-state index in [1.54, 1.807) is 34.9 Å². The highest BCUT2D eigenvalue weighted by atomic mass is 16.5. The summed E-state index contributed by atoms with van der Waals surface area (Å²) in [7, 11) is 0. The first-order valence-electron chi connectivity index (χ1n) is 15.2. The Labute approximate surface area is 262 Å². The summed E-state index contributed by atoms with van der Waals surface area (Å²) in [4.78, 5) is 13.1. The molecule has 0 radical (unpaired) electrons. The predicted molar refractivity (Wildman–Crippen MR) is 176 cm³/mol. The van der Waals surface area contributed by atoms with Crippen molar-refractivity contribution >= 4 is 16.6 Å². The van der Waals surface area contributed by atoms with E-state index in [1.165, 1.54) is 0 Å². The molecule has 1 saturated heterocycles. The van der Waals surface area contributed by atoms with Crippen LogP contribution < -0.4 is 35.9 Å². The number of phenols is 1. The molecule has 9 heteroatoms. The van der Waals surface area contributed by atoms with Crippen molar-refractivity contribution in [3.8, 4) is 23.0 Å². The van der Waals surface area contributed by atoms with Gasteiger partial charge in [-0.3, -0.25) is 15.5 Å². The molecule has 0 amide bonds. The standard InChI is InChI=1S/C36H38N4O5/c1-24(2)14-15-43-31-18-27(19-32(20-31)44-22-26-7-3-9-29(16-26)40-36(37)38-40)23-45-33-11-5-8-28-12-13-34(42)39(35(28)33)21-25-6-4-10-30(41)17-25/h3-13,16-20,24,36,38,41H,14-15,21-23,37H2,1-2H3. The molecular formula is C36H38N4O5. The van der Waals surface area contributed by atoms with E-state index in [0.29, 0.717) is 48.4 Å². The molecular weight excluding hydrogens is 568 g/mol. The van der Waals surface area contributed by atoms with Gasteiger partial charge in [-0.2, -0.15) is 5.43 Å². The second-order valence-electron chi connectivity index (χ2n) is 11.7. The third kappa shape index (κ3) is 7.57. The normalized spacial score (nSPS) is 14.1. The van der Waals surface area contributed by atoms with Gasteiger partial charge in [-0.05, 0) is 77.6 Å². The van der Waals surface area contributed by atoms with E-state index < -0.39 is 0 Å². The van der Waals surface area contributed by atoms with Crippen LogP contribution in [0.25, 0.3) is 10.9 Å². The maximum atomic E-state index is 13.1. The van der Waals surface area contributed by atoms with Crippen LogP contribution in [0.5, 0.6) is 23.0 Å². The summed E-state index contributed by atoms with van der Waals surface area (Å²) in [6.07, 6.45) is 0.773. The van der Waals surface area contributed by atoms with E-state index in [2.05, 4.69) is 19.3 Å². The maximum Gasteiger partial charge on any atom is 0.251 e. The fraction of sp³-hybridized carbons (Fsp3) is 0.250. The fourth-order valence-electron chi connectivity index (χ4n) is 5.20. The third-order valence-electron chi connectivity index (χ3n) is 7.60. The highest BCUT2D eigenvalue weighted by Gasteiger charge is 2.29. The van der Waals surface area contributed by atoms with Crippen LogP contribution in [-0.2, 0) is 19.8 Å². The summed E-state index contributed by atoms with van der Waals surface area (Å²) >= 11 is 0. The molecule has 45 heavy (non-hydrogen) atoms. The van der Waals surface area contributed by atoms with Crippen LogP contribution >= 0.6 is 0 Å². The zero-order valence-corrected chi connectivity index (χ0v) is 25.5.